The van der Waals surface area contributed by atoms with Gasteiger partial charge in [-0.15, -0.1) is 0 Å². The van der Waals surface area contributed by atoms with Crippen LogP contribution in [0.4, 0.5) is 11.5 Å². The third kappa shape index (κ3) is 1.71. The highest BCUT2D eigenvalue weighted by Gasteiger charge is 2.39. The van der Waals surface area contributed by atoms with Gasteiger partial charge in [0.25, 0.3) is 0 Å². The number of hydrogen-bond acceptors (Lipinski definition) is 5. The summed E-state index contributed by atoms with van der Waals surface area (Å²) in [6, 6.07) is 0.405. The van der Waals surface area contributed by atoms with Crippen molar-refractivity contribution in [2.24, 2.45) is 0 Å². The number of carbonyl (C=O) groups is 1. The number of amides is 1. The minimum atomic E-state index is -0.0826. The van der Waals surface area contributed by atoms with Crippen LogP contribution in [0.2, 0.25) is 0 Å². The van der Waals surface area contributed by atoms with Crippen LogP contribution in [0.3, 0.4) is 0 Å². The van der Waals surface area contributed by atoms with E-state index in [0.29, 0.717) is 6.04 Å². The summed E-state index contributed by atoms with van der Waals surface area (Å²) < 4.78 is 4.38. The van der Waals surface area contributed by atoms with Crippen LogP contribution in [-0.4, -0.2) is 46.9 Å². The number of piperazine rings is 1. The fourth-order valence-electron chi connectivity index (χ4n) is 2.49. The zero-order valence-corrected chi connectivity index (χ0v) is 10.8. The van der Waals surface area contributed by atoms with Gasteiger partial charge in [0.2, 0.25) is 5.91 Å². The maximum Gasteiger partial charge on any atom is 0.248 e. The largest absolute Gasteiger partial charge is 0.339 e. The Morgan fingerprint density at radius 3 is 3.12 bits per heavy atom. The lowest BCUT2D eigenvalue weighted by atomic mass is 10.1. The molecule has 5 nitrogen and oxygen atoms in total. The Kier molecular flexibility index (Phi) is 2.56. The van der Waals surface area contributed by atoms with Crippen LogP contribution >= 0.6 is 11.5 Å². The molecular weight excluding hydrogens is 236 g/mol. The van der Waals surface area contributed by atoms with E-state index in [4.69, 9.17) is 0 Å². The predicted octanol–water partition coefficient (Wildman–Crippen LogP) is 0.994. The first-order chi connectivity index (χ1) is 8.16. The molecule has 0 bridgehead atoms. The van der Waals surface area contributed by atoms with Crippen molar-refractivity contribution < 1.29 is 4.79 Å². The van der Waals surface area contributed by atoms with Gasteiger partial charge in [0, 0.05) is 31.1 Å². The van der Waals surface area contributed by atoms with E-state index in [1.54, 1.807) is 0 Å². The van der Waals surface area contributed by atoms with E-state index in [1.165, 1.54) is 11.5 Å². The maximum absolute atomic E-state index is 12.1. The predicted molar refractivity (Wildman–Crippen MR) is 68.6 cm³/mol. The first-order valence-electron chi connectivity index (χ1n) is 5.92. The molecule has 6 heteroatoms. The van der Waals surface area contributed by atoms with Gasteiger partial charge in [0.15, 0.2) is 5.82 Å². The Labute approximate surface area is 105 Å². The quantitative estimate of drug-likeness (QED) is 0.810. The molecule has 2 aliphatic rings. The van der Waals surface area contributed by atoms with Crippen LogP contribution in [0.1, 0.15) is 13.8 Å². The molecule has 1 saturated heterocycles. The van der Waals surface area contributed by atoms with Crippen LogP contribution < -0.4 is 10.2 Å². The third-order valence-corrected chi connectivity index (χ3v) is 4.14. The van der Waals surface area contributed by atoms with Gasteiger partial charge in [-0.2, -0.15) is 4.37 Å². The summed E-state index contributed by atoms with van der Waals surface area (Å²) in [6.07, 6.45) is 0. The molecule has 0 radical (unpaired) electrons. The Morgan fingerprint density at radius 1 is 1.53 bits per heavy atom. The number of rotatable bonds is 1. The van der Waals surface area contributed by atoms with Gasteiger partial charge in [-0.1, -0.05) is 0 Å². The fraction of sp³-hybridized carbons (Fsp3) is 0.636. The second-order valence-electron chi connectivity index (χ2n) is 4.84. The highest BCUT2D eigenvalue weighted by molar-refractivity contribution is 7.04. The van der Waals surface area contributed by atoms with Crippen LogP contribution in [0, 0.1) is 0 Å². The van der Waals surface area contributed by atoms with Crippen molar-refractivity contribution in [2.75, 3.05) is 29.9 Å². The van der Waals surface area contributed by atoms with Crippen molar-refractivity contribution in [2.45, 2.75) is 25.9 Å². The molecule has 3 heterocycles. The summed E-state index contributed by atoms with van der Waals surface area (Å²) in [4.78, 5) is 16.5. The molecule has 0 saturated carbocycles. The van der Waals surface area contributed by atoms with E-state index >= 15 is 0 Å². The zero-order valence-electron chi connectivity index (χ0n) is 10.0. The lowest BCUT2D eigenvalue weighted by Crippen LogP contribution is -2.61. The number of nitrogens with one attached hydrogen (secondary N) is 1. The first kappa shape index (κ1) is 11.0. The average molecular weight is 252 g/mol. The highest BCUT2D eigenvalue weighted by Crippen LogP contribution is 2.33. The zero-order chi connectivity index (χ0) is 12.0. The Balaban J connectivity index is 1.88. The summed E-state index contributed by atoms with van der Waals surface area (Å²) in [5, 5.41) is 4.84. The standard InChI is InChI=1S/C11H16N4OS/c1-7(2)14-3-4-15-9(5-14)11(16)12-8-6-17-13-10(8)15/h6-7,9H,3-5H2,1-2H3,(H,12,16)/t9-/m0/s1. The van der Waals surface area contributed by atoms with Crippen LogP contribution in [0.5, 0.6) is 0 Å². The van der Waals surface area contributed by atoms with Crippen molar-refractivity contribution in [1.29, 1.82) is 0 Å². The van der Waals surface area contributed by atoms with Gasteiger partial charge in [-0.05, 0) is 25.4 Å². The molecule has 0 unspecified atom stereocenters. The molecule has 1 amide bonds. The van der Waals surface area contributed by atoms with Gasteiger partial charge < -0.3 is 10.2 Å². The number of nitrogens with zero attached hydrogens (tertiary/aromatic N) is 3. The molecule has 3 rings (SSSR count). The monoisotopic (exact) mass is 252 g/mol. The molecule has 1 aromatic rings. The Bertz CT molecular complexity index is 444. The fourth-order valence-corrected chi connectivity index (χ4v) is 3.12. The number of carbonyl (C=O) groups excluding carboxylic acids is 1. The smallest absolute Gasteiger partial charge is 0.248 e. The van der Waals surface area contributed by atoms with Gasteiger partial charge >= 0.3 is 0 Å². The van der Waals surface area contributed by atoms with Crippen molar-refractivity contribution >= 4 is 28.9 Å². The molecule has 0 spiro atoms. The lowest BCUT2D eigenvalue weighted by Gasteiger charge is -2.44. The summed E-state index contributed by atoms with van der Waals surface area (Å²) in [6.45, 7) is 7.02. The van der Waals surface area contributed by atoms with Gasteiger partial charge in [-0.3, -0.25) is 9.69 Å². The molecule has 0 aromatic carbocycles. The minimum absolute atomic E-state index is 0.0826. The minimum Gasteiger partial charge on any atom is -0.339 e. The number of aromatic nitrogens is 1. The van der Waals surface area contributed by atoms with E-state index in [0.717, 1.165) is 31.1 Å². The molecule has 1 atom stereocenters. The molecule has 17 heavy (non-hydrogen) atoms. The van der Waals surface area contributed by atoms with E-state index in [2.05, 4.69) is 33.3 Å². The van der Waals surface area contributed by atoms with Crippen molar-refractivity contribution in [1.82, 2.24) is 9.27 Å². The van der Waals surface area contributed by atoms with Crippen LogP contribution in [0.25, 0.3) is 0 Å². The first-order valence-corrected chi connectivity index (χ1v) is 6.76. The average Bonchev–Trinajstić information content (AvgIpc) is 2.76. The SMILES string of the molecule is CC(C)N1CCN2c3nscc3NC(=O)[C@@H]2C1. The van der Waals surface area contributed by atoms with Gasteiger partial charge in [0.05, 0.1) is 5.69 Å². The third-order valence-electron chi connectivity index (χ3n) is 3.53. The lowest BCUT2D eigenvalue weighted by molar-refractivity contribution is -0.118. The van der Waals surface area contributed by atoms with E-state index in [-0.39, 0.29) is 11.9 Å². The second kappa shape index (κ2) is 3.96. The van der Waals surface area contributed by atoms with Crippen molar-refractivity contribution in [3.63, 3.8) is 0 Å². The molecule has 0 aliphatic carbocycles. The van der Waals surface area contributed by atoms with Crippen LogP contribution in [-0.2, 0) is 4.79 Å². The number of hydrogen-bond donors (Lipinski definition) is 1. The normalized spacial score (nSPS) is 24.5. The number of anilines is 2. The molecule has 1 aromatic heterocycles. The number of fused-ring (bicyclic) bond motifs is 3. The molecule has 2 aliphatic heterocycles. The van der Waals surface area contributed by atoms with E-state index in [9.17, 15) is 4.79 Å². The van der Waals surface area contributed by atoms with Gasteiger partial charge in [0.1, 0.15) is 6.04 Å². The summed E-state index contributed by atoms with van der Waals surface area (Å²) in [7, 11) is 0. The summed E-state index contributed by atoms with van der Waals surface area (Å²) in [5.41, 5.74) is 0.870. The maximum atomic E-state index is 12.1. The summed E-state index contributed by atoms with van der Waals surface area (Å²) >= 11 is 1.40. The van der Waals surface area contributed by atoms with Crippen LogP contribution in [0.15, 0.2) is 5.38 Å². The Morgan fingerprint density at radius 2 is 2.35 bits per heavy atom. The van der Waals surface area contributed by atoms with E-state index in [1.807, 2.05) is 5.38 Å². The molecular formula is C11H16N4OS. The van der Waals surface area contributed by atoms with E-state index < -0.39 is 0 Å². The van der Waals surface area contributed by atoms with Crippen molar-refractivity contribution in [3.8, 4) is 0 Å². The molecule has 1 fully saturated rings. The summed E-state index contributed by atoms with van der Waals surface area (Å²) in [5.74, 6) is 1.05. The molecule has 1 N–H and O–H groups in total. The molecule has 92 valence electrons. The Hall–Kier alpha value is -1.14. The van der Waals surface area contributed by atoms with Gasteiger partial charge in [-0.25, -0.2) is 0 Å². The van der Waals surface area contributed by atoms with Crippen molar-refractivity contribution in [3.05, 3.63) is 5.38 Å². The second-order valence-corrected chi connectivity index (χ2v) is 5.47. The highest BCUT2D eigenvalue weighted by atomic mass is 32.1. The topological polar surface area (TPSA) is 48.5 Å².